The highest BCUT2D eigenvalue weighted by Crippen LogP contribution is 2.37. The fraction of sp³-hybridized carbons (Fsp3) is 0.214. The van der Waals surface area contributed by atoms with E-state index in [-0.39, 0.29) is 5.57 Å². The maximum atomic E-state index is 11.6. The monoisotopic (exact) mass is 367 g/mol. The van der Waals surface area contributed by atoms with Gasteiger partial charge in [0.25, 0.3) is 5.91 Å². The van der Waals surface area contributed by atoms with Gasteiger partial charge in [0, 0.05) is 0 Å². The summed E-state index contributed by atoms with van der Waals surface area (Å²) in [5.41, 5.74) is 5.11. The second-order valence-corrected chi connectivity index (χ2v) is 4.81. The quantitative estimate of drug-likeness (QED) is 0.609. The third-order valence-corrected chi connectivity index (χ3v) is 3.04. The number of rotatable bonds is 5. The Kier molecular flexibility index (Phi) is 6.41. The Morgan fingerprint density at radius 3 is 2.68 bits per heavy atom. The normalized spacial score (nSPS) is 10.5. The predicted octanol–water partition coefficient (Wildman–Crippen LogP) is 1.96. The van der Waals surface area contributed by atoms with Crippen LogP contribution in [0.15, 0.2) is 22.2 Å². The first kappa shape index (κ1) is 17.5. The van der Waals surface area contributed by atoms with E-state index in [1.807, 2.05) is 12.2 Å². The minimum atomic E-state index is -1.03. The number of nitriles is 1. The molecule has 0 spiro atoms. The molecule has 22 heavy (non-hydrogen) atoms. The zero-order valence-electron chi connectivity index (χ0n) is 12.0. The number of urea groups is 1. The van der Waals surface area contributed by atoms with Crippen LogP contribution in [0.2, 0.25) is 0 Å². The van der Waals surface area contributed by atoms with E-state index in [4.69, 9.17) is 20.5 Å². The van der Waals surface area contributed by atoms with Gasteiger partial charge in [-0.2, -0.15) is 5.26 Å². The van der Waals surface area contributed by atoms with Gasteiger partial charge < -0.3 is 15.2 Å². The Morgan fingerprint density at radius 1 is 1.50 bits per heavy atom. The molecule has 0 atom stereocenters. The summed E-state index contributed by atoms with van der Waals surface area (Å²) in [6.45, 7) is 2.24. The van der Waals surface area contributed by atoms with Gasteiger partial charge in [0.15, 0.2) is 11.5 Å². The van der Waals surface area contributed by atoms with E-state index in [2.05, 4.69) is 15.9 Å². The standard InChI is InChI=1S/C14H14BrN3O4/c1-3-22-11-6-8(5-10(15)12(11)21-2)4-9(7-16)13(19)18-14(17)20/h4-6H,3H2,1-2H3,(H3,17,18,19,20)/b9-4-. The lowest BCUT2D eigenvalue weighted by Crippen LogP contribution is -2.35. The van der Waals surface area contributed by atoms with Crippen molar-refractivity contribution in [2.45, 2.75) is 6.92 Å². The number of nitrogens with two attached hydrogens (primary N) is 1. The van der Waals surface area contributed by atoms with E-state index in [0.717, 1.165) is 0 Å². The number of carbonyl (C=O) groups excluding carboxylic acids is 2. The fourth-order valence-electron chi connectivity index (χ4n) is 1.63. The zero-order valence-corrected chi connectivity index (χ0v) is 13.6. The molecule has 1 rings (SSSR count). The average Bonchev–Trinajstić information content (AvgIpc) is 2.44. The van der Waals surface area contributed by atoms with Crippen LogP contribution in [0.1, 0.15) is 12.5 Å². The lowest BCUT2D eigenvalue weighted by atomic mass is 10.1. The third kappa shape index (κ3) is 4.49. The summed E-state index contributed by atoms with van der Waals surface area (Å²) in [7, 11) is 1.50. The van der Waals surface area contributed by atoms with E-state index in [9.17, 15) is 9.59 Å². The van der Waals surface area contributed by atoms with Crippen LogP contribution < -0.4 is 20.5 Å². The minimum absolute atomic E-state index is 0.265. The van der Waals surface area contributed by atoms with Crippen LogP contribution in [0.3, 0.4) is 0 Å². The minimum Gasteiger partial charge on any atom is -0.492 e. The number of hydrogen-bond donors (Lipinski definition) is 2. The number of nitrogens with zero attached hydrogens (tertiary/aromatic N) is 1. The molecule has 0 aliphatic heterocycles. The second kappa shape index (κ2) is 8.05. The van der Waals surface area contributed by atoms with Gasteiger partial charge >= 0.3 is 6.03 Å². The van der Waals surface area contributed by atoms with Crippen LogP contribution in [0.5, 0.6) is 11.5 Å². The molecule has 0 aromatic heterocycles. The number of ether oxygens (including phenoxy) is 2. The molecule has 0 saturated carbocycles. The molecule has 0 saturated heterocycles. The van der Waals surface area contributed by atoms with Crippen LogP contribution in [-0.4, -0.2) is 25.7 Å². The number of primary amides is 1. The summed E-state index contributed by atoms with van der Waals surface area (Å²) >= 11 is 3.33. The van der Waals surface area contributed by atoms with Crippen LogP contribution in [0, 0.1) is 11.3 Å². The topological polar surface area (TPSA) is 114 Å². The van der Waals surface area contributed by atoms with E-state index >= 15 is 0 Å². The van der Waals surface area contributed by atoms with Crippen LogP contribution in [0.25, 0.3) is 6.08 Å². The molecule has 0 aliphatic rings. The number of nitrogens with one attached hydrogen (secondary N) is 1. The largest absolute Gasteiger partial charge is 0.492 e. The summed E-state index contributed by atoms with van der Waals surface area (Å²) in [5, 5.41) is 10.8. The molecule has 0 radical (unpaired) electrons. The number of methoxy groups -OCH3 is 1. The van der Waals surface area contributed by atoms with Crippen molar-refractivity contribution in [2.75, 3.05) is 13.7 Å². The average molecular weight is 368 g/mol. The predicted molar refractivity (Wildman–Crippen MR) is 83.2 cm³/mol. The Hall–Kier alpha value is -2.53. The summed E-state index contributed by atoms with van der Waals surface area (Å²) in [4.78, 5) is 22.3. The number of imide groups is 1. The van der Waals surface area contributed by atoms with E-state index in [0.29, 0.717) is 28.1 Å². The molecule has 116 valence electrons. The number of benzene rings is 1. The first-order valence-corrected chi connectivity index (χ1v) is 6.95. The van der Waals surface area contributed by atoms with Crippen molar-refractivity contribution in [3.63, 3.8) is 0 Å². The van der Waals surface area contributed by atoms with Gasteiger partial charge in [0.1, 0.15) is 11.6 Å². The first-order chi connectivity index (χ1) is 10.4. The van der Waals surface area contributed by atoms with Gasteiger partial charge in [-0.25, -0.2) is 4.79 Å². The fourth-order valence-corrected chi connectivity index (χ4v) is 2.25. The molecule has 8 heteroatoms. The van der Waals surface area contributed by atoms with E-state index in [1.165, 1.54) is 13.2 Å². The zero-order chi connectivity index (χ0) is 16.7. The number of halogens is 1. The van der Waals surface area contributed by atoms with Crippen LogP contribution in [-0.2, 0) is 4.79 Å². The van der Waals surface area contributed by atoms with Gasteiger partial charge in [-0.15, -0.1) is 0 Å². The molecule has 7 nitrogen and oxygen atoms in total. The summed E-state index contributed by atoms with van der Waals surface area (Å²) < 4.78 is 11.3. The Labute approximate surface area is 135 Å². The Morgan fingerprint density at radius 2 is 2.18 bits per heavy atom. The summed E-state index contributed by atoms with van der Waals surface area (Å²) in [6, 6.07) is 3.94. The lowest BCUT2D eigenvalue weighted by molar-refractivity contribution is -0.115. The van der Waals surface area contributed by atoms with Crippen molar-refractivity contribution in [3.05, 3.63) is 27.7 Å². The first-order valence-electron chi connectivity index (χ1n) is 6.15. The molecule has 1 aromatic rings. The van der Waals surface area contributed by atoms with Crippen molar-refractivity contribution < 1.29 is 19.1 Å². The molecule has 3 N–H and O–H groups in total. The van der Waals surface area contributed by atoms with E-state index in [1.54, 1.807) is 18.2 Å². The smallest absolute Gasteiger partial charge is 0.319 e. The van der Waals surface area contributed by atoms with Gasteiger partial charge in [-0.1, -0.05) is 0 Å². The van der Waals surface area contributed by atoms with Gasteiger partial charge in [0.2, 0.25) is 0 Å². The molecular formula is C14H14BrN3O4. The van der Waals surface area contributed by atoms with Crippen molar-refractivity contribution in [1.82, 2.24) is 5.32 Å². The van der Waals surface area contributed by atoms with E-state index < -0.39 is 11.9 Å². The van der Waals surface area contributed by atoms with Gasteiger partial charge in [-0.05, 0) is 46.6 Å². The van der Waals surface area contributed by atoms with Crippen molar-refractivity contribution in [2.24, 2.45) is 5.73 Å². The summed E-state index contributed by atoms with van der Waals surface area (Å²) in [6.07, 6.45) is 1.31. The van der Waals surface area contributed by atoms with Crippen molar-refractivity contribution in [3.8, 4) is 17.6 Å². The molecule has 1 aromatic carbocycles. The van der Waals surface area contributed by atoms with Gasteiger partial charge in [-0.3, -0.25) is 10.1 Å². The van der Waals surface area contributed by atoms with Gasteiger partial charge in [0.05, 0.1) is 18.2 Å². The molecule has 0 aliphatic carbocycles. The van der Waals surface area contributed by atoms with Crippen LogP contribution in [0.4, 0.5) is 4.79 Å². The highest BCUT2D eigenvalue weighted by atomic mass is 79.9. The third-order valence-electron chi connectivity index (χ3n) is 2.45. The lowest BCUT2D eigenvalue weighted by Gasteiger charge is -2.12. The highest BCUT2D eigenvalue weighted by molar-refractivity contribution is 9.10. The van der Waals surface area contributed by atoms with Crippen LogP contribution >= 0.6 is 15.9 Å². The second-order valence-electron chi connectivity index (χ2n) is 3.96. The van der Waals surface area contributed by atoms with Crippen molar-refractivity contribution in [1.29, 1.82) is 5.26 Å². The molecule has 0 fully saturated rings. The molecule has 0 heterocycles. The maximum Gasteiger partial charge on any atom is 0.319 e. The highest BCUT2D eigenvalue weighted by Gasteiger charge is 2.14. The molecule has 0 unspecified atom stereocenters. The molecular weight excluding hydrogens is 354 g/mol. The number of hydrogen-bond acceptors (Lipinski definition) is 5. The number of carbonyl (C=O) groups is 2. The SMILES string of the molecule is CCOc1cc(/C=C(/C#N)C(=O)NC(N)=O)cc(Br)c1OC. The maximum absolute atomic E-state index is 11.6. The summed E-state index contributed by atoms with van der Waals surface area (Å²) in [5.74, 6) is 0.0808. The van der Waals surface area contributed by atoms with Crippen molar-refractivity contribution >= 4 is 33.9 Å². The number of amides is 3. The Bertz CT molecular complexity index is 665. The molecule has 0 bridgehead atoms. The molecule has 3 amide bonds. The Balaban J connectivity index is 3.25.